The van der Waals surface area contributed by atoms with Crippen molar-refractivity contribution in [3.05, 3.63) is 72.9 Å². The molecule has 3 saturated heterocycles. The Morgan fingerprint density at radius 2 is 0.775 bits per heavy atom. The van der Waals surface area contributed by atoms with Crippen molar-refractivity contribution in [2.24, 2.45) is 0 Å². The van der Waals surface area contributed by atoms with Gasteiger partial charge in [0.25, 0.3) is 0 Å². The van der Waals surface area contributed by atoms with Crippen LogP contribution >= 0.6 is 0 Å². The summed E-state index contributed by atoms with van der Waals surface area (Å²) in [5, 5.41) is 120. The first-order valence-corrected chi connectivity index (χ1v) is 34.7. The Kier molecular flexibility index (Phi) is 46.7. The molecule has 12 N–H and O–H groups in total. The van der Waals surface area contributed by atoms with Gasteiger partial charge < -0.3 is 89.9 Å². The topological polar surface area (TPSA) is 307 Å². The Labute approximate surface area is 534 Å². The van der Waals surface area contributed by atoms with Crippen LogP contribution in [0.3, 0.4) is 0 Å². The van der Waals surface area contributed by atoms with Crippen LogP contribution in [0.1, 0.15) is 232 Å². The zero-order valence-corrected chi connectivity index (χ0v) is 54.4. The average Bonchev–Trinajstić information content (AvgIpc) is 2.14. The molecule has 89 heavy (non-hydrogen) atoms. The van der Waals surface area contributed by atoms with Crippen LogP contribution in [0.25, 0.3) is 0 Å². The number of aliphatic hydroxyl groups is 11. The molecule has 1 amide bonds. The second-order valence-electron chi connectivity index (χ2n) is 24.6. The molecule has 19 heteroatoms. The second-order valence-corrected chi connectivity index (χ2v) is 24.6. The van der Waals surface area contributed by atoms with E-state index in [1.807, 2.05) is 0 Å². The van der Waals surface area contributed by atoms with E-state index >= 15 is 0 Å². The molecule has 3 heterocycles. The highest BCUT2D eigenvalue weighted by atomic mass is 16.8. The quantitative estimate of drug-likeness (QED) is 0.0200. The summed E-state index contributed by atoms with van der Waals surface area (Å²) in [4.78, 5) is 13.3. The minimum Gasteiger partial charge on any atom is -0.394 e. The van der Waals surface area contributed by atoms with E-state index in [2.05, 4.69) is 92.1 Å². The van der Waals surface area contributed by atoms with Crippen molar-refractivity contribution < 1.29 is 89.4 Å². The lowest BCUT2D eigenvalue weighted by Gasteiger charge is -2.48. The third kappa shape index (κ3) is 33.8. The molecule has 3 rings (SSSR count). The van der Waals surface area contributed by atoms with Crippen molar-refractivity contribution in [3.63, 3.8) is 0 Å². The minimum atomic E-state index is -1.97. The van der Waals surface area contributed by atoms with Gasteiger partial charge in [0.15, 0.2) is 18.9 Å². The van der Waals surface area contributed by atoms with Crippen LogP contribution in [-0.2, 0) is 33.2 Å². The first-order valence-electron chi connectivity index (χ1n) is 34.7. The molecular formula is C70H123NO18. The average molecular weight is 1270 g/mol. The lowest BCUT2D eigenvalue weighted by atomic mass is 9.96. The van der Waals surface area contributed by atoms with E-state index in [9.17, 15) is 61.0 Å². The molecule has 3 aliphatic rings. The summed E-state index contributed by atoms with van der Waals surface area (Å²) in [6.07, 6.45) is 37.7. The molecule has 0 aromatic heterocycles. The number of amides is 1. The van der Waals surface area contributed by atoms with E-state index in [0.717, 1.165) is 96.3 Å². The van der Waals surface area contributed by atoms with Gasteiger partial charge >= 0.3 is 0 Å². The van der Waals surface area contributed by atoms with Gasteiger partial charge in [-0.3, -0.25) is 4.79 Å². The van der Waals surface area contributed by atoms with Gasteiger partial charge in [-0.25, -0.2) is 0 Å². The molecule has 516 valence electrons. The van der Waals surface area contributed by atoms with Gasteiger partial charge in [0.1, 0.15) is 73.2 Å². The molecule has 0 bridgehead atoms. The lowest BCUT2D eigenvalue weighted by molar-refractivity contribution is -0.379. The van der Waals surface area contributed by atoms with Crippen LogP contribution in [0.5, 0.6) is 0 Å². The van der Waals surface area contributed by atoms with Crippen molar-refractivity contribution in [1.82, 2.24) is 5.32 Å². The maximum atomic E-state index is 13.3. The molecule has 0 aliphatic carbocycles. The summed E-state index contributed by atoms with van der Waals surface area (Å²) in [7, 11) is 0. The zero-order chi connectivity index (χ0) is 64.7. The Hall–Kier alpha value is -2.77. The third-order valence-electron chi connectivity index (χ3n) is 17.0. The molecule has 19 nitrogen and oxygen atoms in total. The standard InChI is InChI=1S/C70H123NO18/c1-3-5-7-9-11-12-13-14-15-16-17-18-19-20-21-22-23-24-25-26-27-28-29-30-31-32-33-34-35-36-37-38-39-40-42-44-46-48-58(76)71-53(54(75)47-45-43-41-10-8-6-4-2)52-84-68-64(82)61(79)66(56(50-73)86-68)89-70-65(83)62(80)67(57(51-74)87-70)88-69-63(81)60(78)59(77)55(49-72)85-69/h5,7,11-12,14-15,17-18,20-21,23-24,53-57,59-70,72-75,77-83H,3-4,6,8-10,13,16,19,22,25-52H2,1-2H3,(H,71,76)/b7-5-,12-11-,15-14-,18-17-,21-20-,24-23-. The minimum absolute atomic E-state index is 0.247. The van der Waals surface area contributed by atoms with Crippen LogP contribution in [0.2, 0.25) is 0 Å². The van der Waals surface area contributed by atoms with Crippen LogP contribution in [0.15, 0.2) is 72.9 Å². The van der Waals surface area contributed by atoms with Gasteiger partial charge in [-0.05, 0) is 64.2 Å². The molecule has 17 unspecified atom stereocenters. The SMILES string of the molecule is CC/C=C\C/C=C\C/C=C\C/C=C\C/C=C\C/C=C\CCCCCCCCCCCCCCCCCCCCC(=O)NC(COC1OC(CO)C(OC2OC(CO)C(OC3OC(CO)C(O)C(O)C3O)C(O)C2O)C(O)C1O)C(O)CCCCCCCCC. The largest absolute Gasteiger partial charge is 0.394 e. The normalized spacial score (nSPS) is 28.7. The van der Waals surface area contributed by atoms with E-state index in [1.54, 1.807) is 0 Å². The molecule has 0 spiro atoms. The van der Waals surface area contributed by atoms with Crippen molar-refractivity contribution >= 4 is 5.91 Å². The first-order chi connectivity index (χ1) is 43.3. The number of hydrogen-bond donors (Lipinski definition) is 12. The molecular weight excluding hydrogens is 1140 g/mol. The highest BCUT2D eigenvalue weighted by molar-refractivity contribution is 5.76. The summed E-state index contributed by atoms with van der Waals surface area (Å²) in [6, 6.07) is -0.885. The van der Waals surface area contributed by atoms with Gasteiger partial charge in [0, 0.05) is 6.42 Å². The van der Waals surface area contributed by atoms with Gasteiger partial charge in [0.05, 0.1) is 38.6 Å². The maximum Gasteiger partial charge on any atom is 0.220 e. The number of ether oxygens (including phenoxy) is 6. The van der Waals surface area contributed by atoms with Crippen molar-refractivity contribution in [1.29, 1.82) is 0 Å². The number of aliphatic hydroxyl groups excluding tert-OH is 11. The Morgan fingerprint density at radius 1 is 0.416 bits per heavy atom. The van der Waals surface area contributed by atoms with Crippen molar-refractivity contribution in [3.8, 4) is 0 Å². The number of carbonyl (C=O) groups is 1. The Balaban J connectivity index is 1.27. The maximum absolute atomic E-state index is 13.3. The van der Waals surface area contributed by atoms with Gasteiger partial charge in [-0.2, -0.15) is 0 Å². The Morgan fingerprint density at radius 3 is 1.21 bits per heavy atom. The second kappa shape index (κ2) is 51.6. The lowest BCUT2D eigenvalue weighted by Crippen LogP contribution is -2.66. The van der Waals surface area contributed by atoms with Gasteiger partial charge in [-0.15, -0.1) is 0 Å². The molecule has 3 aliphatic heterocycles. The summed E-state index contributed by atoms with van der Waals surface area (Å²) in [5.74, 6) is -0.247. The molecule has 0 aromatic rings. The molecule has 3 fully saturated rings. The number of nitrogens with one attached hydrogen (secondary N) is 1. The zero-order valence-electron chi connectivity index (χ0n) is 54.4. The highest BCUT2D eigenvalue weighted by Gasteiger charge is 2.53. The van der Waals surface area contributed by atoms with E-state index in [-0.39, 0.29) is 18.9 Å². The summed E-state index contributed by atoms with van der Waals surface area (Å²) in [5.41, 5.74) is 0. The Bertz CT molecular complexity index is 1900. The number of carbonyl (C=O) groups excluding carboxylic acids is 1. The predicted molar refractivity (Wildman–Crippen MR) is 346 cm³/mol. The molecule has 0 radical (unpaired) electrons. The summed E-state index contributed by atoms with van der Waals surface area (Å²) >= 11 is 0. The van der Waals surface area contributed by atoms with E-state index in [4.69, 9.17) is 28.4 Å². The van der Waals surface area contributed by atoms with Crippen LogP contribution in [0.4, 0.5) is 0 Å². The number of allylic oxidation sites excluding steroid dienone is 12. The van der Waals surface area contributed by atoms with Gasteiger partial charge in [0.2, 0.25) is 5.91 Å². The highest BCUT2D eigenvalue weighted by Crippen LogP contribution is 2.33. The van der Waals surface area contributed by atoms with Crippen molar-refractivity contribution in [2.75, 3.05) is 26.4 Å². The van der Waals surface area contributed by atoms with E-state index in [1.165, 1.54) is 103 Å². The van der Waals surface area contributed by atoms with Crippen LogP contribution in [-0.4, -0.2) is 193 Å². The van der Waals surface area contributed by atoms with Crippen molar-refractivity contribution in [2.45, 2.75) is 336 Å². The number of rotatable bonds is 52. The fraction of sp³-hybridized carbons (Fsp3) is 0.814. The molecule has 0 saturated carbocycles. The summed E-state index contributed by atoms with van der Waals surface area (Å²) < 4.78 is 34.3. The number of unbranched alkanes of at least 4 members (excludes halogenated alkanes) is 24. The first kappa shape index (κ1) is 80.5. The predicted octanol–water partition coefficient (Wildman–Crippen LogP) is 8.94. The van der Waals surface area contributed by atoms with E-state index in [0.29, 0.717) is 12.8 Å². The fourth-order valence-electron chi connectivity index (χ4n) is 11.4. The van der Waals surface area contributed by atoms with Gasteiger partial charge in [-0.1, -0.05) is 234 Å². The summed E-state index contributed by atoms with van der Waals surface area (Å²) in [6.45, 7) is 1.61. The van der Waals surface area contributed by atoms with Crippen LogP contribution < -0.4 is 5.32 Å². The van der Waals surface area contributed by atoms with Crippen LogP contribution in [0, 0.1) is 0 Å². The smallest absolute Gasteiger partial charge is 0.220 e. The fourth-order valence-corrected chi connectivity index (χ4v) is 11.4. The molecule has 0 aromatic carbocycles. The number of hydrogen-bond acceptors (Lipinski definition) is 18. The molecule has 17 atom stereocenters. The monoisotopic (exact) mass is 1270 g/mol. The van der Waals surface area contributed by atoms with E-state index < -0.39 is 124 Å². The third-order valence-corrected chi connectivity index (χ3v) is 17.0.